The van der Waals surface area contributed by atoms with E-state index in [4.69, 9.17) is 0 Å². The lowest BCUT2D eigenvalue weighted by Gasteiger charge is -2.28. The topological polar surface area (TPSA) is 119 Å². The lowest BCUT2D eigenvalue weighted by molar-refractivity contribution is 0.0755. The summed E-state index contributed by atoms with van der Waals surface area (Å²) in [6, 6.07) is 30.1. The molecule has 0 aliphatic heterocycles. The third-order valence-corrected chi connectivity index (χ3v) is 6.48. The number of amides is 2. The maximum absolute atomic E-state index is 13.0. The van der Waals surface area contributed by atoms with Crippen molar-refractivity contribution in [3.8, 4) is 11.5 Å². The molecule has 4 rings (SSSR count). The van der Waals surface area contributed by atoms with E-state index in [0.717, 1.165) is 11.1 Å². The van der Waals surface area contributed by atoms with E-state index >= 15 is 0 Å². The fraction of sp³-hybridized carbons (Fsp3) is 0.188. The van der Waals surface area contributed by atoms with Crippen molar-refractivity contribution in [1.29, 1.82) is 0 Å². The Hall–Kier alpha value is -4.62. The fourth-order valence-corrected chi connectivity index (χ4v) is 4.51. The summed E-state index contributed by atoms with van der Waals surface area (Å²) in [6.07, 6.45) is -0.0201. The van der Waals surface area contributed by atoms with Crippen molar-refractivity contribution < 1.29 is 24.9 Å². The Bertz CT molecular complexity index is 1380. The van der Waals surface area contributed by atoms with Crippen LogP contribution in [-0.2, 0) is 12.8 Å². The van der Waals surface area contributed by atoms with Gasteiger partial charge in [-0.15, -0.1) is 0 Å². The van der Waals surface area contributed by atoms with Crippen molar-refractivity contribution >= 4 is 11.8 Å². The molecule has 4 aromatic rings. The second-order valence-electron chi connectivity index (χ2n) is 9.53. The highest BCUT2D eigenvalue weighted by atomic mass is 16.3. The van der Waals surface area contributed by atoms with E-state index in [1.165, 1.54) is 24.3 Å². The van der Waals surface area contributed by atoms with Gasteiger partial charge in [-0.25, -0.2) is 0 Å². The first-order chi connectivity index (χ1) is 18.9. The number of aliphatic hydroxyl groups excluding tert-OH is 1. The molecule has 39 heavy (non-hydrogen) atoms. The van der Waals surface area contributed by atoms with Crippen LogP contribution in [0.4, 0.5) is 0 Å². The first-order valence-corrected chi connectivity index (χ1v) is 12.8. The molecule has 0 aliphatic rings. The van der Waals surface area contributed by atoms with Crippen LogP contribution < -0.4 is 10.6 Å². The normalized spacial score (nSPS) is 13.2. The molecule has 7 heteroatoms. The number of carbonyl (C=O) groups is 2. The Morgan fingerprint density at radius 3 is 1.62 bits per heavy atom. The summed E-state index contributed by atoms with van der Waals surface area (Å²) < 4.78 is 0. The van der Waals surface area contributed by atoms with E-state index in [0.29, 0.717) is 18.4 Å². The van der Waals surface area contributed by atoms with Crippen LogP contribution >= 0.6 is 0 Å². The highest BCUT2D eigenvalue weighted by molar-refractivity contribution is 5.95. The molecule has 0 radical (unpaired) electrons. The molecule has 0 spiro atoms. The second kappa shape index (κ2) is 13.3. The zero-order chi connectivity index (χ0) is 27.6. The van der Waals surface area contributed by atoms with Gasteiger partial charge in [-0.1, -0.05) is 72.8 Å². The quantitative estimate of drug-likeness (QED) is 0.201. The van der Waals surface area contributed by atoms with Crippen LogP contribution in [0, 0.1) is 0 Å². The third kappa shape index (κ3) is 8.18. The maximum Gasteiger partial charge on any atom is 0.251 e. The average Bonchev–Trinajstić information content (AvgIpc) is 2.93. The molecular weight excluding hydrogens is 492 g/mol. The number of benzene rings is 4. The number of phenolic OH excluding ortho intramolecular Hbond substituents is 2. The fourth-order valence-electron chi connectivity index (χ4n) is 4.51. The van der Waals surface area contributed by atoms with Crippen molar-refractivity contribution in [2.75, 3.05) is 0 Å². The molecule has 5 N–H and O–H groups in total. The Morgan fingerprint density at radius 2 is 1.10 bits per heavy atom. The van der Waals surface area contributed by atoms with Crippen LogP contribution in [0.3, 0.4) is 0 Å². The highest BCUT2D eigenvalue weighted by Crippen LogP contribution is 2.17. The molecule has 0 heterocycles. The summed E-state index contributed by atoms with van der Waals surface area (Å²) in [5.74, 6) is -0.836. The van der Waals surface area contributed by atoms with E-state index in [-0.39, 0.29) is 29.4 Å². The zero-order valence-electron chi connectivity index (χ0n) is 21.4. The van der Waals surface area contributed by atoms with Gasteiger partial charge in [0.1, 0.15) is 11.5 Å². The third-order valence-electron chi connectivity index (χ3n) is 6.48. The highest BCUT2D eigenvalue weighted by Gasteiger charge is 2.27. The van der Waals surface area contributed by atoms with Crippen LogP contribution in [-0.4, -0.2) is 45.3 Å². The summed E-state index contributed by atoms with van der Waals surface area (Å²) in [7, 11) is 0. The first-order valence-electron chi connectivity index (χ1n) is 12.8. The Kier molecular flexibility index (Phi) is 9.32. The van der Waals surface area contributed by atoms with Crippen molar-refractivity contribution in [3.63, 3.8) is 0 Å². The minimum Gasteiger partial charge on any atom is -0.508 e. The molecule has 0 aliphatic carbocycles. The largest absolute Gasteiger partial charge is 0.508 e. The van der Waals surface area contributed by atoms with Crippen LogP contribution in [0.15, 0.2) is 109 Å². The molecule has 0 unspecified atom stereocenters. The number of aromatic hydroxyl groups is 2. The predicted octanol–water partition coefficient (Wildman–Crippen LogP) is 4.23. The number of nitrogens with one attached hydrogen (secondary N) is 2. The maximum atomic E-state index is 13.0. The van der Waals surface area contributed by atoms with Gasteiger partial charge in [-0.05, 0) is 66.8 Å². The first kappa shape index (κ1) is 27.4. The Labute approximate surface area is 227 Å². The van der Waals surface area contributed by atoms with Crippen LogP contribution in [0.25, 0.3) is 0 Å². The molecule has 0 bridgehead atoms. The summed E-state index contributed by atoms with van der Waals surface area (Å²) in [5, 5.41) is 37.0. The Morgan fingerprint density at radius 1 is 0.615 bits per heavy atom. The van der Waals surface area contributed by atoms with Crippen molar-refractivity contribution in [2.45, 2.75) is 37.5 Å². The van der Waals surface area contributed by atoms with Crippen molar-refractivity contribution in [2.24, 2.45) is 0 Å². The minimum absolute atomic E-state index is 0.0140. The molecule has 200 valence electrons. The van der Waals surface area contributed by atoms with Gasteiger partial charge in [-0.3, -0.25) is 9.59 Å². The van der Waals surface area contributed by atoms with Crippen LogP contribution in [0.5, 0.6) is 11.5 Å². The number of hydrogen-bond acceptors (Lipinski definition) is 5. The van der Waals surface area contributed by atoms with E-state index in [9.17, 15) is 24.9 Å². The average molecular weight is 525 g/mol. The number of carbonyl (C=O) groups excluding carboxylic acids is 2. The van der Waals surface area contributed by atoms with Gasteiger partial charge in [0.25, 0.3) is 11.8 Å². The number of aliphatic hydroxyl groups is 1. The molecule has 2 amide bonds. The van der Waals surface area contributed by atoms with Gasteiger partial charge in [0.05, 0.1) is 12.1 Å². The molecule has 3 atom stereocenters. The van der Waals surface area contributed by atoms with Crippen LogP contribution in [0.1, 0.15) is 38.3 Å². The van der Waals surface area contributed by atoms with Gasteiger partial charge < -0.3 is 26.0 Å². The van der Waals surface area contributed by atoms with Gasteiger partial charge in [-0.2, -0.15) is 0 Å². The van der Waals surface area contributed by atoms with Gasteiger partial charge in [0.2, 0.25) is 0 Å². The van der Waals surface area contributed by atoms with Crippen LogP contribution in [0.2, 0.25) is 0 Å². The molecule has 0 fully saturated rings. The SMILES string of the molecule is O=C(N[C@@H](Cc1ccccc1)C[C@H](O)[C@H](Cc1ccccc1)NC(=O)c1cccc(O)c1)c1cccc(O)c1. The standard InChI is InChI=1S/C32H32N2O5/c35-27-15-7-13-24(19-27)31(38)33-26(17-22-9-3-1-4-10-22)21-30(37)29(18-23-11-5-2-6-12-23)34-32(39)25-14-8-16-28(36)20-25/h1-16,19-20,26,29-30,35-37H,17-18,21H2,(H,33,38)(H,34,39)/t26-,29-,30-/m0/s1. The lowest BCUT2D eigenvalue weighted by Crippen LogP contribution is -2.48. The molecule has 7 nitrogen and oxygen atoms in total. The van der Waals surface area contributed by atoms with Gasteiger partial charge in [0.15, 0.2) is 0 Å². The number of hydrogen-bond donors (Lipinski definition) is 5. The monoisotopic (exact) mass is 524 g/mol. The number of rotatable bonds is 11. The molecular formula is C32H32N2O5. The second-order valence-corrected chi connectivity index (χ2v) is 9.53. The molecule has 0 saturated heterocycles. The molecule has 0 saturated carbocycles. The van der Waals surface area contributed by atoms with E-state index < -0.39 is 24.1 Å². The summed E-state index contributed by atoms with van der Waals surface area (Å²) in [6.45, 7) is 0. The summed E-state index contributed by atoms with van der Waals surface area (Å²) in [5.41, 5.74) is 2.49. The smallest absolute Gasteiger partial charge is 0.251 e. The Balaban J connectivity index is 1.55. The molecule has 0 aromatic heterocycles. The van der Waals surface area contributed by atoms with Crippen molar-refractivity contribution in [1.82, 2.24) is 10.6 Å². The lowest BCUT2D eigenvalue weighted by atomic mass is 9.93. The summed E-state index contributed by atoms with van der Waals surface area (Å²) in [4.78, 5) is 26.1. The predicted molar refractivity (Wildman–Crippen MR) is 150 cm³/mol. The summed E-state index contributed by atoms with van der Waals surface area (Å²) >= 11 is 0. The van der Waals surface area contributed by atoms with Gasteiger partial charge in [0, 0.05) is 17.2 Å². The molecule has 4 aromatic carbocycles. The van der Waals surface area contributed by atoms with Crippen molar-refractivity contribution in [3.05, 3.63) is 131 Å². The van der Waals surface area contributed by atoms with E-state index in [1.807, 2.05) is 60.7 Å². The van der Waals surface area contributed by atoms with E-state index in [1.54, 1.807) is 24.3 Å². The van der Waals surface area contributed by atoms with E-state index in [2.05, 4.69) is 10.6 Å². The minimum atomic E-state index is -1.01. The zero-order valence-corrected chi connectivity index (χ0v) is 21.4. The van der Waals surface area contributed by atoms with Gasteiger partial charge >= 0.3 is 0 Å². The number of phenols is 2.